The predicted octanol–water partition coefficient (Wildman–Crippen LogP) is 2.45. The topological polar surface area (TPSA) is 47.6 Å². The number of thioether (sulfide) groups is 1. The Morgan fingerprint density at radius 3 is 3.00 bits per heavy atom. The highest BCUT2D eigenvalue weighted by Gasteiger charge is 2.20. The number of hydrogen-bond donors (Lipinski definition) is 0. The fourth-order valence-corrected chi connectivity index (χ4v) is 2.16. The molecule has 1 heterocycles. The molecule has 2 unspecified atom stereocenters. The molecule has 0 spiro atoms. The largest absolute Gasteiger partial charge is 0.198 e. The minimum Gasteiger partial charge on any atom is -0.198 e. The number of rotatable bonds is 2. The first-order chi connectivity index (χ1) is 5.77. The zero-order chi connectivity index (χ0) is 8.97. The summed E-state index contributed by atoms with van der Waals surface area (Å²) in [6.45, 7) is 2.04. The summed E-state index contributed by atoms with van der Waals surface area (Å²) in [7, 11) is 0. The van der Waals surface area contributed by atoms with E-state index in [1.165, 1.54) is 5.57 Å². The lowest BCUT2D eigenvalue weighted by Gasteiger charge is -2.07. The van der Waals surface area contributed by atoms with E-state index in [1.54, 1.807) is 11.8 Å². The van der Waals surface area contributed by atoms with Crippen molar-refractivity contribution in [3.63, 3.8) is 0 Å². The van der Waals surface area contributed by atoms with Crippen LogP contribution >= 0.6 is 11.8 Å². The summed E-state index contributed by atoms with van der Waals surface area (Å²) in [5.74, 6) is 0.320. The lowest BCUT2D eigenvalue weighted by molar-refractivity contribution is 0.674. The van der Waals surface area contributed by atoms with E-state index in [-0.39, 0.29) is 5.25 Å². The third-order valence-electron chi connectivity index (χ3n) is 1.98. The first kappa shape index (κ1) is 9.16. The van der Waals surface area contributed by atoms with Crippen molar-refractivity contribution in [1.29, 1.82) is 10.5 Å². The van der Waals surface area contributed by atoms with E-state index >= 15 is 0 Å². The van der Waals surface area contributed by atoms with Gasteiger partial charge in [0.15, 0.2) is 0 Å². The smallest absolute Gasteiger partial charge is 0.0995 e. The molecule has 0 fully saturated rings. The van der Waals surface area contributed by atoms with Gasteiger partial charge in [-0.25, -0.2) is 0 Å². The SMILES string of the molecule is CC(CC#N)C1=CSC(C#N)C1. The maximum atomic E-state index is 8.63. The van der Waals surface area contributed by atoms with Gasteiger partial charge < -0.3 is 0 Å². The van der Waals surface area contributed by atoms with Gasteiger partial charge >= 0.3 is 0 Å². The predicted molar refractivity (Wildman–Crippen MR) is 49.1 cm³/mol. The monoisotopic (exact) mass is 178 g/mol. The molecule has 62 valence electrons. The van der Waals surface area contributed by atoms with Crippen LogP contribution in [0.3, 0.4) is 0 Å². The fraction of sp³-hybridized carbons (Fsp3) is 0.556. The molecule has 3 heteroatoms. The molecule has 1 rings (SSSR count). The molecule has 0 aromatic carbocycles. The van der Waals surface area contributed by atoms with Crippen molar-refractivity contribution >= 4 is 11.8 Å². The lowest BCUT2D eigenvalue weighted by atomic mass is 9.96. The normalized spacial score (nSPS) is 23.9. The van der Waals surface area contributed by atoms with Crippen LogP contribution in [0.4, 0.5) is 0 Å². The average molecular weight is 178 g/mol. The third kappa shape index (κ3) is 2.03. The molecule has 0 amide bonds. The second-order valence-corrected chi connectivity index (χ2v) is 3.99. The van der Waals surface area contributed by atoms with Gasteiger partial charge in [-0.2, -0.15) is 10.5 Å². The van der Waals surface area contributed by atoms with E-state index in [0.29, 0.717) is 12.3 Å². The molecule has 0 saturated heterocycles. The van der Waals surface area contributed by atoms with Gasteiger partial charge in [0.2, 0.25) is 0 Å². The van der Waals surface area contributed by atoms with Gasteiger partial charge in [0.25, 0.3) is 0 Å². The Hall–Kier alpha value is -0.930. The summed E-state index contributed by atoms with van der Waals surface area (Å²) >= 11 is 1.57. The van der Waals surface area contributed by atoms with Crippen molar-refractivity contribution in [2.45, 2.75) is 25.0 Å². The van der Waals surface area contributed by atoms with Gasteiger partial charge in [-0.3, -0.25) is 0 Å². The molecule has 0 aromatic heterocycles. The van der Waals surface area contributed by atoms with Crippen LogP contribution < -0.4 is 0 Å². The molecule has 1 aliphatic rings. The van der Waals surface area contributed by atoms with E-state index in [1.807, 2.05) is 12.3 Å². The van der Waals surface area contributed by atoms with E-state index in [4.69, 9.17) is 10.5 Å². The molecule has 0 aliphatic carbocycles. The van der Waals surface area contributed by atoms with Crippen LogP contribution in [0, 0.1) is 28.6 Å². The van der Waals surface area contributed by atoms with Crippen molar-refractivity contribution in [2.24, 2.45) is 5.92 Å². The molecule has 12 heavy (non-hydrogen) atoms. The highest BCUT2D eigenvalue weighted by atomic mass is 32.2. The van der Waals surface area contributed by atoms with Crippen LogP contribution in [0.1, 0.15) is 19.8 Å². The minimum atomic E-state index is 0.0844. The summed E-state index contributed by atoms with van der Waals surface area (Å²) in [6.07, 6.45) is 1.40. The summed E-state index contributed by atoms with van der Waals surface area (Å²) < 4.78 is 0. The lowest BCUT2D eigenvalue weighted by Crippen LogP contribution is -2.00. The van der Waals surface area contributed by atoms with Gasteiger partial charge in [0.05, 0.1) is 17.4 Å². The third-order valence-corrected chi connectivity index (χ3v) is 3.02. The highest BCUT2D eigenvalue weighted by molar-refractivity contribution is 8.03. The first-order valence-electron chi connectivity index (χ1n) is 3.89. The van der Waals surface area contributed by atoms with Gasteiger partial charge in [0.1, 0.15) is 0 Å². The minimum absolute atomic E-state index is 0.0844. The Morgan fingerprint density at radius 2 is 2.50 bits per heavy atom. The van der Waals surface area contributed by atoms with Gasteiger partial charge in [-0.05, 0) is 17.7 Å². The summed E-state index contributed by atoms with van der Waals surface area (Å²) in [5, 5.41) is 19.2. The Balaban J connectivity index is 2.47. The molecule has 0 N–H and O–H groups in total. The van der Waals surface area contributed by atoms with Crippen LogP contribution in [0.5, 0.6) is 0 Å². The molecule has 0 saturated carbocycles. The second-order valence-electron chi connectivity index (χ2n) is 2.91. The van der Waals surface area contributed by atoms with Crippen molar-refractivity contribution in [3.8, 4) is 12.1 Å². The maximum Gasteiger partial charge on any atom is 0.0995 e. The summed E-state index contributed by atoms with van der Waals surface area (Å²) in [4.78, 5) is 0. The van der Waals surface area contributed by atoms with Crippen LogP contribution in [0.2, 0.25) is 0 Å². The van der Waals surface area contributed by atoms with Crippen molar-refractivity contribution < 1.29 is 0 Å². The Bertz CT molecular complexity index is 269. The zero-order valence-corrected chi connectivity index (χ0v) is 7.77. The number of hydrogen-bond acceptors (Lipinski definition) is 3. The summed E-state index contributed by atoms with van der Waals surface area (Å²) in [5.41, 5.74) is 1.26. The van der Waals surface area contributed by atoms with E-state index in [9.17, 15) is 0 Å². The number of nitriles is 2. The fourth-order valence-electron chi connectivity index (χ4n) is 1.14. The Morgan fingerprint density at radius 1 is 1.75 bits per heavy atom. The first-order valence-corrected chi connectivity index (χ1v) is 4.83. The molecule has 0 aromatic rings. The zero-order valence-electron chi connectivity index (χ0n) is 6.95. The van der Waals surface area contributed by atoms with Gasteiger partial charge in [-0.1, -0.05) is 12.5 Å². The molecule has 1 aliphatic heterocycles. The van der Waals surface area contributed by atoms with E-state index in [2.05, 4.69) is 12.1 Å². The summed E-state index contributed by atoms with van der Waals surface area (Å²) in [6, 6.07) is 4.36. The second kappa shape index (κ2) is 4.18. The Labute approximate surface area is 76.9 Å². The van der Waals surface area contributed by atoms with E-state index < -0.39 is 0 Å². The molecule has 2 atom stereocenters. The highest BCUT2D eigenvalue weighted by Crippen LogP contribution is 2.34. The molecular formula is C9H10N2S. The molecular weight excluding hydrogens is 168 g/mol. The van der Waals surface area contributed by atoms with E-state index in [0.717, 1.165) is 6.42 Å². The molecule has 0 radical (unpaired) electrons. The number of allylic oxidation sites excluding steroid dienone is 1. The van der Waals surface area contributed by atoms with Crippen LogP contribution in [0.15, 0.2) is 11.0 Å². The quantitative estimate of drug-likeness (QED) is 0.652. The standard InChI is InChI=1S/C9H10N2S/c1-7(2-3-10)8-4-9(5-11)12-6-8/h6-7,9H,2,4H2,1H3. The average Bonchev–Trinajstić information content (AvgIpc) is 2.52. The van der Waals surface area contributed by atoms with Gasteiger partial charge in [-0.15, -0.1) is 11.8 Å². The van der Waals surface area contributed by atoms with Crippen LogP contribution in [0.25, 0.3) is 0 Å². The van der Waals surface area contributed by atoms with Crippen molar-refractivity contribution in [1.82, 2.24) is 0 Å². The van der Waals surface area contributed by atoms with Crippen LogP contribution in [-0.4, -0.2) is 5.25 Å². The van der Waals surface area contributed by atoms with Crippen molar-refractivity contribution in [3.05, 3.63) is 11.0 Å². The van der Waals surface area contributed by atoms with Gasteiger partial charge in [0, 0.05) is 6.42 Å². The molecule has 0 bridgehead atoms. The number of nitrogens with zero attached hydrogens (tertiary/aromatic N) is 2. The maximum absolute atomic E-state index is 8.63. The van der Waals surface area contributed by atoms with Crippen molar-refractivity contribution in [2.75, 3.05) is 0 Å². The molecule has 2 nitrogen and oxygen atoms in total. The van der Waals surface area contributed by atoms with Crippen LogP contribution in [-0.2, 0) is 0 Å². The Kier molecular flexibility index (Phi) is 3.19.